The van der Waals surface area contributed by atoms with Crippen molar-refractivity contribution in [2.45, 2.75) is 25.8 Å². The molecule has 1 amide bonds. The molecule has 0 aliphatic heterocycles. The Morgan fingerprint density at radius 2 is 2.06 bits per heavy atom. The van der Waals surface area contributed by atoms with Crippen molar-refractivity contribution < 1.29 is 14.7 Å². The average Bonchev–Trinajstić information content (AvgIpc) is 2.31. The number of nitrogens with zero attached hydrogens (tertiary/aromatic N) is 1. The lowest BCUT2D eigenvalue weighted by molar-refractivity contribution is -0.136. The quantitative estimate of drug-likeness (QED) is 0.726. The van der Waals surface area contributed by atoms with Crippen LogP contribution in [-0.2, 0) is 16.1 Å². The van der Waals surface area contributed by atoms with Crippen LogP contribution in [0, 0.1) is 0 Å². The van der Waals surface area contributed by atoms with Crippen molar-refractivity contribution in [1.82, 2.24) is 9.88 Å². The van der Waals surface area contributed by atoms with Gasteiger partial charge >= 0.3 is 5.97 Å². The molecule has 0 aliphatic rings. The molecule has 6 nitrogen and oxygen atoms in total. The number of hydrogen-bond donors (Lipinski definition) is 2. The van der Waals surface area contributed by atoms with Gasteiger partial charge in [0.05, 0.1) is 6.42 Å². The maximum atomic E-state index is 11.3. The van der Waals surface area contributed by atoms with E-state index in [0.29, 0.717) is 13.0 Å². The maximum absolute atomic E-state index is 11.3. The van der Waals surface area contributed by atoms with E-state index in [1.54, 1.807) is 18.3 Å². The van der Waals surface area contributed by atoms with Crippen LogP contribution in [0.2, 0.25) is 0 Å². The highest BCUT2D eigenvalue weighted by Crippen LogP contribution is 1.93. The van der Waals surface area contributed by atoms with Gasteiger partial charge in [-0.1, -0.05) is 6.07 Å². The Kier molecular flexibility index (Phi) is 5.63. The van der Waals surface area contributed by atoms with Gasteiger partial charge in [0.1, 0.15) is 0 Å². The van der Waals surface area contributed by atoms with Gasteiger partial charge in [-0.15, -0.1) is 0 Å². The Hall–Kier alpha value is -2.11. The first-order valence-corrected chi connectivity index (χ1v) is 5.73. The lowest BCUT2D eigenvalue weighted by Crippen LogP contribution is -2.26. The van der Waals surface area contributed by atoms with E-state index in [4.69, 9.17) is 5.11 Å². The average molecular weight is 252 g/mol. The summed E-state index contributed by atoms with van der Waals surface area (Å²) in [7, 11) is 0. The number of carbonyl (C=O) groups excluding carboxylic acids is 1. The molecule has 0 bridgehead atoms. The third-order valence-corrected chi connectivity index (χ3v) is 2.36. The summed E-state index contributed by atoms with van der Waals surface area (Å²) in [6.07, 6.45) is 2.42. The molecule has 1 aromatic heterocycles. The second-order valence-electron chi connectivity index (χ2n) is 3.83. The number of rotatable bonds is 7. The largest absolute Gasteiger partial charge is 0.481 e. The molecular weight excluding hydrogens is 236 g/mol. The number of nitrogens with one attached hydrogen (secondary N) is 1. The van der Waals surface area contributed by atoms with Gasteiger partial charge in [-0.3, -0.25) is 14.4 Å². The predicted molar refractivity (Wildman–Crippen MR) is 65.2 cm³/mol. The molecule has 0 spiro atoms. The molecule has 6 heteroatoms. The first kappa shape index (κ1) is 14.0. The highest BCUT2D eigenvalue weighted by molar-refractivity contribution is 5.76. The van der Waals surface area contributed by atoms with Gasteiger partial charge in [0, 0.05) is 31.8 Å². The smallest absolute Gasteiger partial charge is 0.305 e. The van der Waals surface area contributed by atoms with Crippen molar-refractivity contribution in [3.8, 4) is 0 Å². The van der Waals surface area contributed by atoms with Crippen molar-refractivity contribution in [2.75, 3.05) is 6.54 Å². The Morgan fingerprint density at radius 3 is 2.72 bits per heavy atom. The molecule has 1 heterocycles. The summed E-state index contributed by atoms with van der Waals surface area (Å²) in [5.41, 5.74) is -0.0937. The number of amides is 1. The first-order chi connectivity index (χ1) is 8.59. The van der Waals surface area contributed by atoms with Gasteiger partial charge in [0.25, 0.3) is 0 Å². The summed E-state index contributed by atoms with van der Waals surface area (Å²) in [5.74, 6) is -1.13. The molecule has 0 radical (unpaired) electrons. The zero-order chi connectivity index (χ0) is 13.4. The summed E-state index contributed by atoms with van der Waals surface area (Å²) in [6.45, 7) is 0.617. The van der Waals surface area contributed by atoms with Crippen LogP contribution < -0.4 is 10.9 Å². The van der Waals surface area contributed by atoms with E-state index < -0.39 is 5.97 Å². The third-order valence-electron chi connectivity index (χ3n) is 2.36. The molecule has 98 valence electrons. The molecule has 0 saturated carbocycles. The Morgan fingerprint density at radius 1 is 1.28 bits per heavy atom. The number of aryl methyl sites for hydroxylation is 1. The van der Waals surface area contributed by atoms with Crippen LogP contribution in [-0.4, -0.2) is 28.1 Å². The second-order valence-corrected chi connectivity index (χ2v) is 3.83. The minimum Gasteiger partial charge on any atom is -0.481 e. The van der Waals surface area contributed by atoms with E-state index in [2.05, 4.69) is 5.32 Å². The molecule has 0 fully saturated rings. The number of hydrogen-bond acceptors (Lipinski definition) is 3. The van der Waals surface area contributed by atoms with Gasteiger partial charge in [-0.25, -0.2) is 0 Å². The molecule has 2 N–H and O–H groups in total. The molecule has 1 aromatic rings. The number of carboxylic acid groups (broad SMARTS) is 1. The van der Waals surface area contributed by atoms with E-state index in [1.807, 2.05) is 0 Å². The SMILES string of the molecule is O=C(O)CCNC(=O)CCCn1ccccc1=O. The summed E-state index contributed by atoms with van der Waals surface area (Å²) in [6, 6.07) is 4.89. The number of aliphatic carboxylic acids is 1. The molecule has 1 rings (SSSR count). The zero-order valence-corrected chi connectivity index (χ0v) is 9.96. The molecule has 0 aliphatic carbocycles. The van der Waals surface area contributed by atoms with Crippen molar-refractivity contribution in [2.24, 2.45) is 0 Å². The van der Waals surface area contributed by atoms with Crippen LogP contribution in [0.25, 0.3) is 0 Å². The van der Waals surface area contributed by atoms with E-state index in [1.165, 1.54) is 10.6 Å². The number of pyridine rings is 1. The van der Waals surface area contributed by atoms with Crippen LogP contribution in [0.3, 0.4) is 0 Å². The fourth-order valence-corrected chi connectivity index (χ4v) is 1.45. The molecule has 18 heavy (non-hydrogen) atoms. The van der Waals surface area contributed by atoms with E-state index in [9.17, 15) is 14.4 Å². The summed E-state index contributed by atoms with van der Waals surface area (Å²) in [4.78, 5) is 32.9. The summed E-state index contributed by atoms with van der Waals surface area (Å²) in [5, 5.41) is 10.9. The van der Waals surface area contributed by atoms with Gasteiger partial charge < -0.3 is 15.0 Å². The molecule has 0 unspecified atom stereocenters. The minimum absolute atomic E-state index is 0.0795. The van der Waals surface area contributed by atoms with Gasteiger partial charge in [-0.05, 0) is 12.5 Å². The fourth-order valence-electron chi connectivity index (χ4n) is 1.45. The lowest BCUT2D eigenvalue weighted by Gasteiger charge is -2.05. The van der Waals surface area contributed by atoms with Crippen molar-refractivity contribution >= 4 is 11.9 Å². The summed E-state index contributed by atoms with van der Waals surface area (Å²) >= 11 is 0. The maximum Gasteiger partial charge on any atom is 0.305 e. The minimum atomic E-state index is -0.939. The molecule has 0 aromatic carbocycles. The lowest BCUT2D eigenvalue weighted by atomic mass is 10.3. The second kappa shape index (κ2) is 7.26. The van der Waals surface area contributed by atoms with Gasteiger partial charge in [0.2, 0.25) is 11.5 Å². The van der Waals surface area contributed by atoms with Crippen LogP contribution in [0.1, 0.15) is 19.3 Å². The summed E-state index contributed by atoms with van der Waals surface area (Å²) < 4.78 is 1.53. The Bertz CT molecular complexity index is 467. The fraction of sp³-hybridized carbons (Fsp3) is 0.417. The standard InChI is InChI=1S/C12H16N2O4/c15-10(13-7-6-12(17)18)4-3-9-14-8-2-1-5-11(14)16/h1-2,5,8H,3-4,6-7,9H2,(H,13,15)(H,17,18). The zero-order valence-electron chi connectivity index (χ0n) is 9.96. The van der Waals surface area contributed by atoms with Crippen LogP contribution >= 0.6 is 0 Å². The van der Waals surface area contributed by atoms with Crippen LogP contribution in [0.15, 0.2) is 29.2 Å². The molecule has 0 saturated heterocycles. The molecular formula is C12H16N2O4. The number of aromatic nitrogens is 1. The Balaban J connectivity index is 2.22. The highest BCUT2D eigenvalue weighted by atomic mass is 16.4. The van der Waals surface area contributed by atoms with Crippen molar-refractivity contribution in [1.29, 1.82) is 0 Å². The third kappa shape index (κ3) is 5.29. The van der Waals surface area contributed by atoms with Crippen LogP contribution in [0.5, 0.6) is 0 Å². The van der Waals surface area contributed by atoms with Crippen molar-refractivity contribution in [3.63, 3.8) is 0 Å². The van der Waals surface area contributed by atoms with Gasteiger partial charge in [0.15, 0.2) is 0 Å². The molecule has 0 atom stereocenters. The Labute approximate surface area is 104 Å². The van der Waals surface area contributed by atoms with Gasteiger partial charge in [-0.2, -0.15) is 0 Å². The predicted octanol–water partition coefficient (Wildman–Crippen LogP) is 0.219. The normalized spacial score (nSPS) is 10.0. The van der Waals surface area contributed by atoms with Crippen molar-refractivity contribution in [3.05, 3.63) is 34.7 Å². The monoisotopic (exact) mass is 252 g/mol. The van der Waals surface area contributed by atoms with E-state index >= 15 is 0 Å². The number of carboxylic acids is 1. The van der Waals surface area contributed by atoms with E-state index in [-0.39, 0.29) is 30.9 Å². The van der Waals surface area contributed by atoms with Crippen LogP contribution in [0.4, 0.5) is 0 Å². The topological polar surface area (TPSA) is 88.4 Å². The first-order valence-electron chi connectivity index (χ1n) is 5.73. The highest BCUT2D eigenvalue weighted by Gasteiger charge is 2.03. The number of carbonyl (C=O) groups is 2. The van der Waals surface area contributed by atoms with E-state index in [0.717, 1.165) is 0 Å².